The maximum atomic E-state index is 12.8. The molecule has 5 nitrogen and oxygen atoms in total. The van der Waals surface area contributed by atoms with Gasteiger partial charge in [0.1, 0.15) is 0 Å². The summed E-state index contributed by atoms with van der Waals surface area (Å²) in [5.41, 5.74) is 0.915. The molecule has 0 aliphatic heterocycles. The van der Waals surface area contributed by atoms with Gasteiger partial charge in [0, 0.05) is 24.5 Å². The molecule has 0 fully saturated rings. The van der Waals surface area contributed by atoms with Crippen LogP contribution in [0.15, 0.2) is 43.0 Å². The number of rotatable bonds is 7. The molecule has 1 amide bonds. The van der Waals surface area contributed by atoms with Crippen molar-refractivity contribution < 1.29 is 9.90 Å². The van der Waals surface area contributed by atoms with Crippen molar-refractivity contribution in [2.24, 2.45) is 5.41 Å². The number of hydrogen-bond acceptors (Lipinski definition) is 3. The summed E-state index contributed by atoms with van der Waals surface area (Å²) >= 11 is 0. The fourth-order valence-corrected chi connectivity index (χ4v) is 2.70. The number of carbonyl (C=O) groups is 1. The van der Waals surface area contributed by atoms with Gasteiger partial charge in [-0.2, -0.15) is 0 Å². The zero-order valence-corrected chi connectivity index (χ0v) is 16.5. The van der Waals surface area contributed by atoms with Crippen LogP contribution in [0.4, 0.5) is 0 Å². The van der Waals surface area contributed by atoms with E-state index >= 15 is 0 Å². The van der Waals surface area contributed by atoms with E-state index in [1.54, 1.807) is 26.4 Å². The first-order valence-corrected chi connectivity index (χ1v) is 9.12. The van der Waals surface area contributed by atoms with Crippen molar-refractivity contribution in [1.29, 1.82) is 0 Å². The molecule has 142 valence electrons. The summed E-state index contributed by atoms with van der Waals surface area (Å²) in [6, 6.07) is 7.62. The summed E-state index contributed by atoms with van der Waals surface area (Å²) in [6.07, 6.45) is 6.81. The SMILES string of the molecule is CC(C)(O)CCc1cccc(C(=O)N[C@H](Cn2ccnc2)C(C)(C)C)c1. The maximum Gasteiger partial charge on any atom is 0.251 e. The molecule has 0 spiro atoms. The number of imidazole rings is 1. The number of aromatic nitrogens is 2. The highest BCUT2D eigenvalue weighted by Crippen LogP contribution is 2.22. The second-order valence-corrected chi connectivity index (χ2v) is 8.66. The normalized spacial score (nSPS) is 13.5. The topological polar surface area (TPSA) is 67.2 Å². The summed E-state index contributed by atoms with van der Waals surface area (Å²) in [5, 5.41) is 13.1. The third-order valence-corrected chi connectivity index (χ3v) is 4.52. The van der Waals surface area contributed by atoms with Crippen LogP contribution >= 0.6 is 0 Å². The molecule has 1 atom stereocenters. The first-order chi connectivity index (χ1) is 12.0. The molecule has 2 rings (SSSR count). The van der Waals surface area contributed by atoms with Crippen LogP contribution in [-0.2, 0) is 13.0 Å². The number of aliphatic hydroxyl groups is 1. The molecule has 1 aromatic carbocycles. The van der Waals surface area contributed by atoms with Crippen LogP contribution < -0.4 is 5.32 Å². The molecule has 1 aromatic heterocycles. The fourth-order valence-electron chi connectivity index (χ4n) is 2.70. The van der Waals surface area contributed by atoms with Gasteiger partial charge in [-0.1, -0.05) is 32.9 Å². The number of nitrogens with one attached hydrogen (secondary N) is 1. The molecule has 0 saturated heterocycles. The Balaban J connectivity index is 2.09. The number of benzene rings is 1. The summed E-state index contributed by atoms with van der Waals surface area (Å²) in [4.78, 5) is 16.9. The predicted octanol–water partition coefficient (Wildman–Crippen LogP) is 3.43. The summed E-state index contributed by atoms with van der Waals surface area (Å²) in [7, 11) is 0. The van der Waals surface area contributed by atoms with Crippen LogP contribution in [-0.4, -0.2) is 32.2 Å². The Morgan fingerprint density at radius 3 is 2.58 bits per heavy atom. The molecule has 2 N–H and O–H groups in total. The second kappa shape index (κ2) is 8.04. The molecule has 2 aromatic rings. The minimum atomic E-state index is -0.708. The zero-order valence-electron chi connectivity index (χ0n) is 16.5. The minimum Gasteiger partial charge on any atom is -0.390 e. The van der Waals surface area contributed by atoms with Gasteiger partial charge in [0.05, 0.1) is 18.0 Å². The van der Waals surface area contributed by atoms with E-state index in [0.29, 0.717) is 18.5 Å². The molecule has 26 heavy (non-hydrogen) atoms. The Bertz CT molecular complexity index is 710. The van der Waals surface area contributed by atoms with E-state index in [9.17, 15) is 9.90 Å². The van der Waals surface area contributed by atoms with E-state index in [0.717, 1.165) is 12.0 Å². The average Bonchev–Trinajstić information content (AvgIpc) is 3.04. The Kier molecular flexibility index (Phi) is 6.24. The van der Waals surface area contributed by atoms with Crippen molar-refractivity contribution in [2.45, 2.75) is 65.6 Å². The van der Waals surface area contributed by atoms with E-state index in [-0.39, 0.29) is 17.4 Å². The van der Waals surface area contributed by atoms with E-state index in [1.165, 1.54) is 0 Å². The number of carbonyl (C=O) groups excluding carboxylic acids is 1. The van der Waals surface area contributed by atoms with Gasteiger partial charge in [-0.05, 0) is 49.8 Å². The second-order valence-electron chi connectivity index (χ2n) is 8.66. The smallest absolute Gasteiger partial charge is 0.251 e. The quantitative estimate of drug-likeness (QED) is 0.798. The minimum absolute atomic E-state index is 0.0239. The zero-order chi connectivity index (χ0) is 19.4. The van der Waals surface area contributed by atoms with Crippen LogP contribution in [0.2, 0.25) is 0 Å². The van der Waals surface area contributed by atoms with Gasteiger partial charge in [-0.25, -0.2) is 4.98 Å². The first-order valence-electron chi connectivity index (χ1n) is 9.12. The van der Waals surface area contributed by atoms with Crippen molar-refractivity contribution in [3.8, 4) is 0 Å². The predicted molar refractivity (Wildman–Crippen MR) is 104 cm³/mol. The Morgan fingerprint density at radius 1 is 1.27 bits per heavy atom. The maximum absolute atomic E-state index is 12.8. The Hall–Kier alpha value is -2.14. The third kappa shape index (κ3) is 6.30. The Labute approximate surface area is 156 Å². The molecule has 1 heterocycles. The number of nitrogens with zero attached hydrogens (tertiary/aromatic N) is 2. The van der Waals surface area contributed by atoms with Crippen LogP contribution in [0.1, 0.15) is 57.0 Å². The van der Waals surface area contributed by atoms with Crippen molar-refractivity contribution in [3.63, 3.8) is 0 Å². The highest BCUT2D eigenvalue weighted by molar-refractivity contribution is 5.94. The lowest BCUT2D eigenvalue weighted by Gasteiger charge is -2.32. The van der Waals surface area contributed by atoms with Crippen LogP contribution in [0.3, 0.4) is 0 Å². The van der Waals surface area contributed by atoms with Gasteiger partial charge >= 0.3 is 0 Å². The average molecular weight is 357 g/mol. The number of aryl methyl sites for hydroxylation is 1. The van der Waals surface area contributed by atoms with E-state index < -0.39 is 5.60 Å². The lowest BCUT2D eigenvalue weighted by molar-refractivity contribution is 0.0714. The van der Waals surface area contributed by atoms with Gasteiger partial charge in [0.2, 0.25) is 0 Å². The molecular weight excluding hydrogens is 326 g/mol. The lowest BCUT2D eigenvalue weighted by Crippen LogP contribution is -2.46. The van der Waals surface area contributed by atoms with Crippen LogP contribution in [0.5, 0.6) is 0 Å². The molecule has 0 saturated carbocycles. The highest BCUT2D eigenvalue weighted by atomic mass is 16.3. The molecule has 0 radical (unpaired) electrons. The van der Waals surface area contributed by atoms with Gasteiger partial charge in [-0.3, -0.25) is 4.79 Å². The van der Waals surface area contributed by atoms with E-state index in [4.69, 9.17) is 0 Å². The molecule has 0 aliphatic rings. The van der Waals surface area contributed by atoms with Gasteiger partial charge < -0.3 is 15.0 Å². The molecule has 0 bridgehead atoms. The van der Waals surface area contributed by atoms with Crippen molar-refractivity contribution in [1.82, 2.24) is 14.9 Å². The van der Waals surface area contributed by atoms with Gasteiger partial charge in [0.25, 0.3) is 5.91 Å². The van der Waals surface area contributed by atoms with E-state index in [2.05, 4.69) is 31.1 Å². The summed E-state index contributed by atoms with van der Waals surface area (Å²) in [5.74, 6) is -0.0739. The number of amides is 1. The van der Waals surface area contributed by atoms with Crippen LogP contribution in [0, 0.1) is 5.41 Å². The molecular formula is C21H31N3O2. The third-order valence-electron chi connectivity index (χ3n) is 4.52. The van der Waals surface area contributed by atoms with Crippen molar-refractivity contribution in [3.05, 3.63) is 54.1 Å². The first kappa shape index (κ1) is 20.2. The van der Waals surface area contributed by atoms with E-state index in [1.807, 2.05) is 35.0 Å². The molecule has 5 heteroatoms. The lowest BCUT2D eigenvalue weighted by atomic mass is 9.86. The number of hydrogen-bond donors (Lipinski definition) is 2. The van der Waals surface area contributed by atoms with Crippen molar-refractivity contribution >= 4 is 5.91 Å². The highest BCUT2D eigenvalue weighted by Gasteiger charge is 2.27. The van der Waals surface area contributed by atoms with Crippen molar-refractivity contribution in [2.75, 3.05) is 0 Å². The molecule has 0 unspecified atom stereocenters. The van der Waals surface area contributed by atoms with Gasteiger partial charge in [-0.15, -0.1) is 0 Å². The summed E-state index contributed by atoms with van der Waals surface area (Å²) < 4.78 is 1.98. The summed E-state index contributed by atoms with van der Waals surface area (Å²) in [6.45, 7) is 10.6. The Morgan fingerprint density at radius 2 is 2.00 bits per heavy atom. The monoisotopic (exact) mass is 357 g/mol. The van der Waals surface area contributed by atoms with Gasteiger partial charge in [0.15, 0.2) is 0 Å². The standard InChI is InChI=1S/C21H31N3O2/c1-20(2,3)18(14-24-12-11-22-15-24)23-19(25)17-8-6-7-16(13-17)9-10-21(4,5)26/h6-8,11-13,15,18,26H,9-10,14H2,1-5H3,(H,23,25)/t18-/m1/s1. The molecule has 0 aliphatic carbocycles. The van der Waals surface area contributed by atoms with Crippen LogP contribution in [0.25, 0.3) is 0 Å². The fraction of sp³-hybridized carbons (Fsp3) is 0.524. The largest absolute Gasteiger partial charge is 0.390 e.